The van der Waals surface area contributed by atoms with E-state index in [1.165, 1.54) is 0 Å². The first-order valence-corrected chi connectivity index (χ1v) is 4.50. The van der Waals surface area contributed by atoms with Gasteiger partial charge >= 0.3 is 0 Å². The molecule has 0 spiro atoms. The van der Waals surface area contributed by atoms with Gasteiger partial charge in [-0.15, -0.1) is 0 Å². The van der Waals surface area contributed by atoms with E-state index in [2.05, 4.69) is 16.4 Å². The van der Waals surface area contributed by atoms with E-state index in [4.69, 9.17) is 0 Å². The van der Waals surface area contributed by atoms with Crippen molar-refractivity contribution >= 4 is 11.9 Å². The summed E-state index contributed by atoms with van der Waals surface area (Å²) >= 11 is 0. The Balaban J connectivity index is 2.06. The molecule has 1 aromatic rings. The molecule has 0 fully saturated rings. The van der Waals surface area contributed by atoms with Crippen LogP contribution in [0.3, 0.4) is 0 Å². The van der Waals surface area contributed by atoms with Crippen LogP contribution in [-0.2, 0) is 0 Å². The standard InChI is InChI=1S/C11H12N2/c1-2-6-10(7-3-1)13-11-8-4-5-9-12-11/h1-3,6-9,13H,4-5H2. The van der Waals surface area contributed by atoms with Crippen LogP contribution in [-0.4, -0.2) is 6.21 Å². The summed E-state index contributed by atoms with van der Waals surface area (Å²) < 4.78 is 0. The Labute approximate surface area is 78.0 Å². The van der Waals surface area contributed by atoms with Crippen molar-refractivity contribution in [3.63, 3.8) is 0 Å². The molecule has 13 heavy (non-hydrogen) atoms. The molecule has 0 saturated carbocycles. The van der Waals surface area contributed by atoms with E-state index >= 15 is 0 Å². The van der Waals surface area contributed by atoms with Crippen molar-refractivity contribution in [2.24, 2.45) is 4.99 Å². The third-order valence-corrected chi connectivity index (χ3v) is 1.91. The van der Waals surface area contributed by atoms with Gasteiger partial charge in [-0.2, -0.15) is 0 Å². The lowest BCUT2D eigenvalue weighted by Gasteiger charge is -2.08. The first-order valence-electron chi connectivity index (χ1n) is 4.50. The van der Waals surface area contributed by atoms with E-state index in [1.807, 2.05) is 36.5 Å². The molecule has 1 aromatic carbocycles. The van der Waals surface area contributed by atoms with Gasteiger partial charge in [0.1, 0.15) is 5.82 Å². The monoisotopic (exact) mass is 172 g/mol. The van der Waals surface area contributed by atoms with Crippen LogP contribution in [0, 0.1) is 0 Å². The number of para-hydroxylation sites is 1. The summed E-state index contributed by atoms with van der Waals surface area (Å²) in [4.78, 5) is 4.25. The zero-order valence-electron chi connectivity index (χ0n) is 7.40. The predicted molar refractivity (Wildman–Crippen MR) is 55.9 cm³/mol. The average molecular weight is 172 g/mol. The Morgan fingerprint density at radius 1 is 1.08 bits per heavy atom. The van der Waals surface area contributed by atoms with Crippen molar-refractivity contribution in [3.05, 3.63) is 42.2 Å². The van der Waals surface area contributed by atoms with Crippen LogP contribution < -0.4 is 5.32 Å². The molecule has 1 heterocycles. The molecule has 2 nitrogen and oxygen atoms in total. The minimum Gasteiger partial charge on any atom is -0.341 e. The van der Waals surface area contributed by atoms with Crippen molar-refractivity contribution in [3.8, 4) is 0 Å². The molecule has 0 amide bonds. The minimum absolute atomic E-state index is 0.956. The number of aliphatic imine (C=N–C) groups is 1. The number of benzene rings is 1. The normalized spacial score (nSPS) is 15.2. The van der Waals surface area contributed by atoms with Crippen LogP contribution in [0.1, 0.15) is 12.8 Å². The Bertz CT molecular complexity index is 325. The van der Waals surface area contributed by atoms with Gasteiger partial charge in [0.2, 0.25) is 0 Å². The number of hydrogen-bond acceptors (Lipinski definition) is 2. The fraction of sp³-hybridized carbons (Fsp3) is 0.182. The zero-order chi connectivity index (χ0) is 8.93. The molecule has 2 rings (SSSR count). The van der Waals surface area contributed by atoms with Gasteiger partial charge in [0.05, 0.1) is 0 Å². The molecule has 0 unspecified atom stereocenters. The van der Waals surface area contributed by atoms with Crippen molar-refractivity contribution in [2.45, 2.75) is 12.8 Å². The molecular weight excluding hydrogens is 160 g/mol. The van der Waals surface area contributed by atoms with Crippen molar-refractivity contribution < 1.29 is 0 Å². The second-order valence-corrected chi connectivity index (χ2v) is 2.97. The maximum Gasteiger partial charge on any atom is 0.125 e. The maximum atomic E-state index is 4.25. The van der Waals surface area contributed by atoms with Crippen LogP contribution in [0.4, 0.5) is 5.69 Å². The third kappa shape index (κ3) is 2.18. The van der Waals surface area contributed by atoms with Crippen molar-refractivity contribution in [2.75, 3.05) is 5.32 Å². The van der Waals surface area contributed by atoms with Crippen LogP contribution in [0.2, 0.25) is 0 Å². The van der Waals surface area contributed by atoms with E-state index < -0.39 is 0 Å². The molecule has 1 aliphatic heterocycles. The number of nitrogens with zero attached hydrogens (tertiary/aromatic N) is 1. The summed E-state index contributed by atoms with van der Waals surface area (Å²) in [5.74, 6) is 0.956. The van der Waals surface area contributed by atoms with E-state index in [0.29, 0.717) is 0 Å². The highest BCUT2D eigenvalue weighted by molar-refractivity contribution is 5.62. The van der Waals surface area contributed by atoms with E-state index in [1.54, 1.807) is 0 Å². The molecule has 0 atom stereocenters. The first-order chi connectivity index (χ1) is 6.45. The summed E-state index contributed by atoms with van der Waals surface area (Å²) in [7, 11) is 0. The van der Waals surface area contributed by atoms with Gasteiger partial charge in [0.25, 0.3) is 0 Å². The van der Waals surface area contributed by atoms with Crippen molar-refractivity contribution in [1.29, 1.82) is 0 Å². The summed E-state index contributed by atoms with van der Waals surface area (Å²) in [6, 6.07) is 10.1. The molecule has 0 saturated heterocycles. The Morgan fingerprint density at radius 3 is 2.62 bits per heavy atom. The van der Waals surface area contributed by atoms with E-state index in [9.17, 15) is 0 Å². The Morgan fingerprint density at radius 2 is 1.92 bits per heavy atom. The highest BCUT2D eigenvalue weighted by Crippen LogP contribution is 2.12. The number of anilines is 1. The SMILES string of the molecule is C1=NC(Nc2ccccc2)=CCC1. The van der Waals surface area contributed by atoms with Gasteiger partial charge in [0.15, 0.2) is 0 Å². The number of rotatable bonds is 2. The molecule has 66 valence electrons. The highest BCUT2D eigenvalue weighted by atomic mass is 15.0. The molecule has 0 aromatic heterocycles. The molecular formula is C11H12N2. The van der Waals surface area contributed by atoms with Gasteiger partial charge < -0.3 is 5.32 Å². The third-order valence-electron chi connectivity index (χ3n) is 1.91. The lowest BCUT2D eigenvalue weighted by molar-refractivity contribution is 1.05. The highest BCUT2D eigenvalue weighted by Gasteiger charge is 1.97. The molecule has 0 bridgehead atoms. The van der Waals surface area contributed by atoms with Gasteiger partial charge in [-0.1, -0.05) is 18.2 Å². The van der Waals surface area contributed by atoms with Crippen LogP contribution in [0.25, 0.3) is 0 Å². The second-order valence-electron chi connectivity index (χ2n) is 2.97. The van der Waals surface area contributed by atoms with Gasteiger partial charge in [0, 0.05) is 11.9 Å². The van der Waals surface area contributed by atoms with Gasteiger partial charge in [-0.3, -0.25) is 0 Å². The summed E-state index contributed by atoms with van der Waals surface area (Å²) in [6.45, 7) is 0. The van der Waals surface area contributed by atoms with Crippen LogP contribution in [0.15, 0.2) is 47.2 Å². The van der Waals surface area contributed by atoms with Crippen LogP contribution >= 0.6 is 0 Å². The lowest BCUT2D eigenvalue weighted by Crippen LogP contribution is -2.00. The fourth-order valence-electron chi connectivity index (χ4n) is 1.26. The van der Waals surface area contributed by atoms with Gasteiger partial charge in [-0.05, 0) is 31.1 Å². The van der Waals surface area contributed by atoms with Crippen molar-refractivity contribution in [1.82, 2.24) is 0 Å². The number of allylic oxidation sites excluding steroid dienone is 1. The van der Waals surface area contributed by atoms with E-state index in [-0.39, 0.29) is 0 Å². The van der Waals surface area contributed by atoms with E-state index in [0.717, 1.165) is 24.4 Å². The average Bonchev–Trinajstić information content (AvgIpc) is 2.21. The molecule has 0 aliphatic carbocycles. The number of hydrogen-bond donors (Lipinski definition) is 1. The van der Waals surface area contributed by atoms with Crippen LogP contribution in [0.5, 0.6) is 0 Å². The minimum atomic E-state index is 0.956. The Kier molecular flexibility index (Phi) is 2.41. The maximum absolute atomic E-state index is 4.25. The zero-order valence-corrected chi connectivity index (χ0v) is 7.40. The smallest absolute Gasteiger partial charge is 0.125 e. The molecule has 0 radical (unpaired) electrons. The molecule has 1 N–H and O–H groups in total. The first kappa shape index (κ1) is 8.05. The molecule has 1 aliphatic rings. The largest absolute Gasteiger partial charge is 0.341 e. The van der Waals surface area contributed by atoms with Gasteiger partial charge in [-0.25, -0.2) is 4.99 Å². The molecule has 2 heteroatoms. The summed E-state index contributed by atoms with van der Waals surface area (Å²) in [5, 5.41) is 3.24. The Hall–Kier alpha value is -1.57. The summed E-state index contributed by atoms with van der Waals surface area (Å²) in [6.07, 6.45) is 6.21. The second kappa shape index (κ2) is 3.90. The number of nitrogens with one attached hydrogen (secondary N) is 1. The fourth-order valence-corrected chi connectivity index (χ4v) is 1.26. The quantitative estimate of drug-likeness (QED) is 0.728. The topological polar surface area (TPSA) is 24.4 Å². The predicted octanol–water partition coefficient (Wildman–Crippen LogP) is 2.80. The lowest BCUT2D eigenvalue weighted by atomic mass is 10.2. The summed E-state index contributed by atoms with van der Waals surface area (Å²) in [5.41, 5.74) is 1.09.